The summed E-state index contributed by atoms with van der Waals surface area (Å²) in [4.78, 5) is 10.4. The molecule has 0 spiro atoms. The van der Waals surface area contributed by atoms with Gasteiger partial charge in [0.25, 0.3) is 0 Å². The summed E-state index contributed by atoms with van der Waals surface area (Å²) in [5.41, 5.74) is 0.207. The second kappa shape index (κ2) is 2.90. The quantitative estimate of drug-likeness (QED) is 0.712. The van der Waals surface area contributed by atoms with Crippen molar-refractivity contribution in [2.75, 3.05) is 0 Å². The van der Waals surface area contributed by atoms with Crippen LogP contribution in [0.25, 0.3) is 10.8 Å². The molecule has 1 N–H and O–H groups in total. The molecule has 0 bridgehead atoms. The van der Waals surface area contributed by atoms with E-state index in [1.807, 2.05) is 24.3 Å². The lowest BCUT2D eigenvalue weighted by atomic mass is 10.1. The molecule has 1 radical (unpaired) electrons. The van der Waals surface area contributed by atoms with Gasteiger partial charge in [0.1, 0.15) is 5.75 Å². The Morgan fingerprint density at radius 3 is 2.31 bits per heavy atom. The minimum Gasteiger partial charge on any atom is -0.507 e. The maximum atomic E-state index is 10.4. The van der Waals surface area contributed by atoms with E-state index in [-0.39, 0.29) is 11.3 Å². The number of aromatic hydroxyl groups is 1. The summed E-state index contributed by atoms with van der Waals surface area (Å²) < 4.78 is 0. The second-order valence-corrected chi connectivity index (χ2v) is 2.82. The lowest BCUT2D eigenvalue weighted by Crippen LogP contribution is -1.82. The fourth-order valence-electron chi connectivity index (χ4n) is 1.31. The number of fused-ring (bicyclic) bond motifs is 1. The van der Waals surface area contributed by atoms with Crippen molar-refractivity contribution >= 4 is 17.1 Å². The average Bonchev–Trinajstić information content (AvgIpc) is 2.17. The highest BCUT2D eigenvalue weighted by atomic mass is 16.3. The van der Waals surface area contributed by atoms with Crippen molar-refractivity contribution in [1.29, 1.82) is 0 Å². The molecule has 0 saturated heterocycles. The normalized spacial score (nSPS) is 10.2. The van der Waals surface area contributed by atoms with Crippen molar-refractivity contribution in [1.82, 2.24) is 0 Å². The number of phenolic OH excluding ortho intramolecular Hbond substituents is 1. The van der Waals surface area contributed by atoms with Crippen LogP contribution in [-0.2, 0) is 4.79 Å². The van der Waals surface area contributed by atoms with Crippen LogP contribution in [0, 0.1) is 0 Å². The topological polar surface area (TPSA) is 37.3 Å². The van der Waals surface area contributed by atoms with Crippen LogP contribution in [0.15, 0.2) is 36.4 Å². The molecule has 0 atom stereocenters. The zero-order chi connectivity index (χ0) is 9.26. The number of rotatable bonds is 1. The van der Waals surface area contributed by atoms with Gasteiger partial charge in [-0.1, -0.05) is 24.3 Å². The third kappa shape index (κ3) is 1.26. The van der Waals surface area contributed by atoms with Crippen LogP contribution in [0.1, 0.15) is 5.56 Å². The van der Waals surface area contributed by atoms with E-state index in [1.165, 1.54) is 0 Å². The molecule has 2 aromatic carbocycles. The van der Waals surface area contributed by atoms with Gasteiger partial charge in [-0.25, -0.2) is 0 Å². The predicted octanol–water partition coefficient (Wildman–Crippen LogP) is 2.00. The van der Waals surface area contributed by atoms with Crippen LogP contribution < -0.4 is 0 Å². The molecule has 0 aliphatic heterocycles. The van der Waals surface area contributed by atoms with Crippen molar-refractivity contribution in [2.24, 2.45) is 0 Å². The molecule has 2 heteroatoms. The largest absolute Gasteiger partial charge is 0.507 e. The Morgan fingerprint density at radius 2 is 1.69 bits per heavy atom. The molecule has 0 heterocycles. The first-order chi connectivity index (χ1) is 6.31. The van der Waals surface area contributed by atoms with Gasteiger partial charge < -0.3 is 5.11 Å². The van der Waals surface area contributed by atoms with E-state index in [9.17, 15) is 9.90 Å². The van der Waals surface area contributed by atoms with Gasteiger partial charge in [0.2, 0.25) is 6.29 Å². The molecule has 0 fully saturated rings. The number of hydrogen-bond acceptors (Lipinski definition) is 2. The van der Waals surface area contributed by atoms with Gasteiger partial charge in [-0.3, -0.25) is 4.79 Å². The highest BCUT2D eigenvalue weighted by Crippen LogP contribution is 2.23. The molecule has 63 valence electrons. The lowest BCUT2D eigenvalue weighted by Gasteiger charge is -2.00. The monoisotopic (exact) mass is 171 g/mol. The maximum absolute atomic E-state index is 10.4. The Balaban J connectivity index is 2.81. The highest BCUT2D eigenvalue weighted by molar-refractivity contribution is 5.92. The van der Waals surface area contributed by atoms with Gasteiger partial charge in [0, 0.05) is 0 Å². The summed E-state index contributed by atoms with van der Waals surface area (Å²) >= 11 is 0. The molecule has 2 nitrogen and oxygen atoms in total. The summed E-state index contributed by atoms with van der Waals surface area (Å²) in [6.07, 6.45) is 1.69. The Morgan fingerprint density at radius 1 is 1.08 bits per heavy atom. The van der Waals surface area contributed by atoms with E-state index in [0.29, 0.717) is 0 Å². The van der Waals surface area contributed by atoms with E-state index in [0.717, 1.165) is 10.8 Å². The van der Waals surface area contributed by atoms with E-state index >= 15 is 0 Å². The lowest BCUT2D eigenvalue weighted by molar-refractivity contribution is 0.473. The fraction of sp³-hybridized carbons (Fsp3) is 0. The van der Waals surface area contributed by atoms with Crippen LogP contribution in [0.5, 0.6) is 5.75 Å². The van der Waals surface area contributed by atoms with E-state index < -0.39 is 0 Å². The van der Waals surface area contributed by atoms with Gasteiger partial charge in [0.05, 0.1) is 5.56 Å². The molecule has 0 aromatic heterocycles. The van der Waals surface area contributed by atoms with E-state index in [2.05, 4.69) is 0 Å². The minimum absolute atomic E-state index is 0.0197. The Hall–Kier alpha value is -1.83. The zero-order valence-corrected chi connectivity index (χ0v) is 6.82. The van der Waals surface area contributed by atoms with Gasteiger partial charge in [-0.15, -0.1) is 0 Å². The smallest absolute Gasteiger partial charge is 0.237 e. The van der Waals surface area contributed by atoms with Crippen LogP contribution in [0.3, 0.4) is 0 Å². The summed E-state index contributed by atoms with van der Waals surface area (Å²) in [6, 6.07) is 10.7. The number of hydrogen-bond donors (Lipinski definition) is 1. The van der Waals surface area contributed by atoms with Crippen LogP contribution in [-0.4, -0.2) is 11.4 Å². The molecule has 13 heavy (non-hydrogen) atoms. The zero-order valence-electron chi connectivity index (χ0n) is 6.82. The second-order valence-electron chi connectivity index (χ2n) is 2.82. The van der Waals surface area contributed by atoms with Crippen LogP contribution >= 0.6 is 0 Å². The molecule has 2 rings (SSSR count). The molecular formula is C11H7O2. The van der Waals surface area contributed by atoms with Crippen LogP contribution in [0.4, 0.5) is 0 Å². The van der Waals surface area contributed by atoms with Gasteiger partial charge in [-0.2, -0.15) is 0 Å². The summed E-state index contributed by atoms with van der Waals surface area (Å²) in [6.45, 7) is 0. The number of benzene rings is 2. The Bertz CT molecular complexity index is 461. The van der Waals surface area contributed by atoms with Crippen molar-refractivity contribution in [3.05, 3.63) is 42.0 Å². The third-order valence-corrected chi connectivity index (χ3v) is 1.97. The summed E-state index contributed by atoms with van der Waals surface area (Å²) in [7, 11) is 0. The molecule has 0 aliphatic rings. The van der Waals surface area contributed by atoms with E-state index in [1.54, 1.807) is 18.4 Å². The van der Waals surface area contributed by atoms with Crippen molar-refractivity contribution in [3.8, 4) is 5.75 Å². The maximum Gasteiger partial charge on any atom is 0.237 e. The third-order valence-electron chi connectivity index (χ3n) is 1.97. The highest BCUT2D eigenvalue weighted by Gasteiger charge is 2.02. The predicted molar refractivity (Wildman–Crippen MR) is 50.4 cm³/mol. The Kier molecular flexibility index (Phi) is 1.74. The molecule has 0 saturated carbocycles. The molecule has 0 aliphatic carbocycles. The molecule has 0 unspecified atom stereocenters. The van der Waals surface area contributed by atoms with E-state index in [4.69, 9.17) is 0 Å². The first-order valence-corrected chi connectivity index (χ1v) is 3.91. The standard InChI is InChI=1S/C11H7O2/c12-7-10-5-8-3-1-2-4-9(8)6-11(10)13/h1-6,13H. The first kappa shape index (κ1) is 7.80. The van der Waals surface area contributed by atoms with Crippen molar-refractivity contribution < 1.29 is 9.90 Å². The first-order valence-electron chi connectivity index (χ1n) is 3.91. The summed E-state index contributed by atoms with van der Waals surface area (Å²) in [5, 5.41) is 11.2. The summed E-state index contributed by atoms with van der Waals surface area (Å²) in [5.74, 6) is -0.0197. The molecule has 0 amide bonds. The van der Waals surface area contributed by atoms with Gasteiger partial charge in [0.15, 0.2) is 0 Å². The van der Waals surface area contributed by atoms with Crippen LogP contribution in [0.2, 0.25) is 0 Å². The fourth-order valence-corrected chi connectivity index (χ4v) is 1.31. The van der Waals surface area contributed by atoms with Crippen molar-refractivity contribution in [3.63, 3.8) is 0 Å². The van der Waals surface area contributed by atoms with Gasteiger partial charge >= 0.3 is 0 Å². The number of phenols is 1. The Labute approximate surface area is 75.4 Å². The molecule has 2 aromatic rings. The van der Waals surface area contributed by atoms with Gasteiger partial charge in [-0.05, 0) is 22.9 Å². The number of carbonyl (C=O) groups excluding carboxylic acids is 1. The van der Waals surface area contributed by atoms with Crippen molar-refractivity contribution in [2.45, 2.75) is 0 Å². The average molecular weight is 171 g/mol. The SMILES string of the molecule is O=[C]c1cc2ccccc2cc1O. The minimum atomic E-state index is -0.0197. The molecular weight excluding hydrogens is 164 g/mol.